The Morgan fingerprint density at radius 2 is 1.36 bits per heavy atom. The first-order valence-electron chi connectivity index (χ1n) is 14.7. The van der Waals surface area contributed by atoms with E-state index in [1.54, 1.807) is 0 Å². The fourth-order valence-electron chi connectivity index (χ4n) is 8.09. The number of nitrogens with zero attached hydrogens (tertiary/aromatic N) is 4. The predicted molar refractivity (Wildman–Crippen MR) is 157 cm³/mol. The molecule has 2 saturated carbocycles. The van der Waals surface area contributed by atoms with E-state index in [2.05, 4.69) is 83.3 Å². The Morgan fingerprint density at radius 3 is 2.00 bits per heavy atom. The second-order valence-corrected chi connectivity index (χ2v) is 14.0. The number of rotatable bonds is 2. The Labute approximate surface area is 231 Å². The van der Waals surface area contributed by atoms with Crippen LogP contribution < -0.4 is 5.32 Å². The molecule has 1 aromatic carbocycles. The van der Waals surface area contributed by atoms with Crippen molar-refractivity contribution in [1.29, 1.82) is 0 Å². The van der Waals surface area contributed by atoms with Gasteiger partial charge in [-0.2, -0.15) is 0 Å². The molecule has 2 aromatic heterocycles. The average Bonchev–Trinajstić information content (AvgIpc) is 3.22. The van der Waals surface area contributed by atoms with E-state index >= 15 is 0 Å². The Kier molecular flexibility index (Phi) is 4.62. The van der Waals surface area contributed by atoms with Crippen LogP contribution >= 0.6 is 0 Å². The zero-order valence-electron chi connectivity index (χ0n) is 23.9. The summed E-state index contributed by atoms with van der Waals surface area (Å²) in [7, 11) is 0. The van der Waals surface area contributed by atoms with Crippen molar-refractivity contribution in [1.82, 2.24) is 9.97 Å². The number of aliphatic imine (C=N–C) groups is 2. The van der Waals surface area contributed by atoms with Crippen LogP contribution in [0.1, 0.15) is 97.1 Å². The van der Waals surface area contributed by atoms with Gasteiger partial charge < -0.3 is 5.32 Å². The van der Waals surface area contributed by atoms with E-state index in [1.807, 2.05) is 0 Å². The number of nitrogens with one attached hydrogen (secondary N) is 1. The van der Waals surface area contributed by atoms with E-state index in [4.69, 9.17) is 20.0 Å². The molecular formula is C34H37N5. The van der Waals surface area contributed by atoms with Crippen LogP contribution in [0.5, 0.6) is 0 Å². The highest BCUT2D eigenvalue weighted by atomic mass is 15.1. The van der Waals surface area contributed by atoms with E-state index in [0.717, 1.165) is 59.1 Å². The number of amidine groups is 2. The van der Waals surface area contributed by atoms with Gasteiger partial charge in [0.05, 0.1) is 0 Å². The van der Waals surface area contributed by atoms with Crippen LogP contribution in [0.2, 0.25) is 0 Å². The van der Waals surface area contributed by atoms with Gasteiger partial charge in [-0.25, -0.2) is 20.0 Å². The first-order chi connectivity index (χ1) is 18.6. The number of aryl methyl sites for hydroxylation is 2. The standard InChI is InChI=1S/C34H37N5/c1-17-11-23-24(12-18(17)2)32(38-28-10-8-20-14-22-16-26(30(20)36-28)34(22,5)6)39-31(23)37-27-9-7-19-13-21-15-25(29(19)35-27)33(21,3)4/h7-12,21-22,25-26H,13-16H2,1-6H3,(H,35,36,37,38,39)/t21-,22-,25-,26-/m0/s1. The Bertz CT molecular complexity index is 1640. The molecule has 0 amide bonds. The summed E-state index contributed by atoms with van der Waals surface area (Å²) < 4.78 is 0. The first-order valence-corrected chi connectivity index (χ1v) is 14.7. The molecule has 1 N–H and O–H groups in total. The van der Waals surface area contributed by atoms with E-state index < -0.39 is 0 Å². The summed E-state index contributed by atoms with van der Waals surface area (Å²) in [5.41, 5.74) is 10.7. The molecule has 0 spiro atoms. The van der Waals surface area contributed by atoms with Crippen molar-refractivity contribution in [3.63, 3.8) is 0 Å². The van der Waals surface area contributed by atoms with Gasteiger partial charge in [0.25, 0.3) is 0 Å². The molecule has 6 aliphatic carbocycles. The molecule has 0 radical (unpaired) electrons. The third-order valence-electron chi connectivity index (χ3n) is 11.4. The zero-order valence-corrected chi connectivity index (χ0v) is 23.9. The van der Waals surface area contributed by atoms with Crippen molar-refractivity contribution in [2.75, 3.05) is 5.32 Å². The van der Waals surface area contributed by atoms with Crippen LogP contribution in [0.3, 0.4) is 0 Å². The van der Waals surface area contributed by atoms with E-state index in [-0.39, 0.29) is 0 Å². The third-order valence-corrected chi connectivity index (χ3v) is 11.4. The third kappa shape index (κ3) is 3.25. The topological polar surface area (TPSA) is 62.5 Å². The molecule has 3 aromatic rings. The maximum absolute atomic E-state index is 5.14. The maximum atomic E-state index is 5.14. The summed E-state index contributed by atoms with van der Waals surface area (Å²) in [6, 6.07) is 13.2. The lowest BCUT2D eigenvalue weighted by Gasteiger charge is -2.56. The van der Waals surface area contributed by atoms with Crippen LogP contribution in [-0.2, 0) is 12.8 Å². The Morgan fingerprint density at radius 1 is 0.769 bits per heavy atom. The number of pyridine rings is 2. The zero-order chi connectivity index (χ0) is 26.8. The van der Waals surface area contributed by atoms with Gasteiger partial charge in [0, 0.05) is 34.4 Å². The average molecular weight is 516 g/mol. The number of benzene rings is 1. The highest BCUT2D eigenvalue weighted by Gasteiger charge is 2.54. The normalized spacial score (nSPS) is 29.0. The van der Waals surface area contributed by atoms with Gasteiger partial charge in [0.15, 0.2) is 11.7 Å². The van der Waals surface area contributed by atoms with Gasteiger partial charge in [-0.1, -0.05) is 39.8 Å². The fraction of sp³-hybridized carbons (Fsp3) is 0.471. The summed E-state index contributed by atoms with van der Waals surface area (Å²) in [4.78, 5) is 20.3. The summed E-state index contributed by atoms with van der Waals surface area (Å²) >= 11 is 0. The predicted octanol–water partition coefficient (Wildman–Crippen LogP) is 7.42. The van der Waals surface area contributed by atoms with Gasteiger partial charge >= 0.3 is 0 Å². The van der Waals surface area contributed by atoms with Crippen molar-refractivity contribution in [2.45, 2.75) is 79.1 Å². The van der Waals surface area contributed by atoms with Crippen molar-refractivity contribution >= 4 is 23.3 Å². The van der Waals surface area contributed by atoms with Gasteiger partial charge in [-0.05, 0) is 109 Å². The lowest BCUT2D eigenvalue weighted by molar-refractivity contribution is 0.0156. The molecule has 4 bridgehead atoms. The molecule has 7 aliphatic rings. The molecule has 2 fully saturated rings. The molecule has 5 heteroatoms. The summed E-state index contributed by atoms with van der Waals surface area (Å²) in [6.45, 7) is 13.9. The van der Waals surface area contributed by atoms with Gasteiger partial charge in [-0.3, -0.25) is 0 Å². The molecular weight excluding hydrogens is 478 g/mol. The van der Waals surface area contributed by atoms with E-state index in [9.17, 15) is 0 Å². The van der Waals surface area contributed by atoms with Gasteiger partial charge in [0.1, 0.15) is 11.7 Å². The van der Waals surface area contributed by atoms with E-state index in [0.29, 0.717) is 22.7 Å². The highest BCUT2D eigenvalue weighted by molar-refractivity contribution is 6.26. The molecule has 39 heavy (non-hydrogen) atoms. The number of fused-ring (bicyclic) bond motifs is 1. The summed E-state index contributed by atoms with van der Waals surface area (Å²) in [5, 5.41) is 3.59. The number of anilines is 1. The molecule has 3 heterocycles. The first kappa shape index (κ1) is 23.5. The number of hydrogen-bond acceptors (Lipinski definition) is 4. The van der Waals surface area contributed by atoms with Crippen molar-refractivity contribution in [3.05, 3.63) is 81.2 Å². The summed E-state index contributed by atoms with van der Waals surface area (Å²) in [6.07, 6.45) is 4.81. The Hall–Kier alpha value is -3.34. The lowest BCUT2D eigenvalue weighted by Crippen LogP contribution is -2.48. The molecule has 198 valence electrons. The smallest absolute Gasteiger partial charge is 0.164 e. The van der Waals surface area contributed by atoms with Crippen LogP contribution in [0.4, 0.5) is 11.6 Å². The molecule has 1 aliphatic heterocycles. The fourth-order valence-corrected chi connectivity index (χ4v) is 8.09. The van der Waals surface area contributed by atoms with Crippen LogP contribution in [0, 0.1) is 36.5 Å². The molecule has 0 saturated heterocycles. The second-order valence-electron chi connectivity index (χ2n) is 14.0. The Balaban J connectivity index is 1.17. The van der Waals surface area contributed by atoms with Crippen molar-refractivity contribution in [2.24, 2.45) is 32.7 Å². The molecule has 0 unspecified atom stereocenters. The second kappa shape index (κ2) is 7.65. The van der Waals surface area contributed by atoms with Gasteiger partial charge in [-0.15, -0.1) is 0 Å². The largest absolute Gasteiger partial charge is 0.324 e. The van der Waals surface area contributed by atoms with Crippen LogP contribution in [-0.4, -0.2) is 21.6 Å². The molecule has 4 atom stereocenters. The lowest BCUT2D eigenvalue weighted by atomic mass is 9.48. The SMILES string of the molecule is Cc1cc2c(cc1C)C(Nc1ccc3c(n1)[C@@H]1C[C@H](C3)C1(C)C)=NC2=Nc1ccc2c(n1)[C@@H]1C[C@H](C2)C1(C)C. The van der Waals surface area contributed by atoms with Gasteiger partial charge in [0.2, 0.25) is 0 Å². The summed E-state index contributed by atoms with van der Waals surface area (Å²) in [5.74, 6) is 5.85. The molecule has 5 nitrogen and oxygen atoms in total. The quantitative estimate of drug-likeness (QED) is 0.386. The van der Waals surface area contributed by atoms with Crippen LogP contribution in [0.15, 0.2) is 46.4 Å². The minimum Gasteiger partial charge on any atom is -0.324 e. The van der Waals surface area contributed by atoms with Crippen molar-refractivity contribution in [3.8, 4) is 0 Å². The maximum Gasteiger partial charge on any atom is 0.164 e. The van der Waals surface area contributed by atoms with Crippen LogP contribution in [0.25, 0.3) is 0 Å². The highest BCUT2D eigenvalue weighted by Crippen LogP contribution is 2.62. The number of hydrogen-bond donors (Lipinski definition) is 1. The number of aromatic nitrogens is 2. The van der Waals surface area contributed by atoms with Crippen molar-refractivity contribution < 1.29 is 0 Å². The van der Waals surface area contributed by atoms with E-state index in [1.165, 1.54) is 46.5 Å². The monoisotopic (exact) mass is 515 g/mol. The molecule has 10 rings (SSSR count). The minimum absolute atomic E-state index is 0.340. The minimum atomic E-state index is 0.340.